The van der Waals surface area contributed by atoms with E-state index in [0.717, 1.165) is 12.1 Å². The molecular formula is C19H22N4O3. The molecule has 7 heteroatoms. The number of nitrogens with zero attached hydrogens (tertiary/aromatic N) is 2. The van der Waals surface area contributed by atoms with Crippen molar-refractivity contribution in [2.24, 2.45) is 0 Å². The molecule has 26 heavy (non-hydrogen) atoms. The number of aromatic nitrogens is 2. The molecule has 1 saturated heterocycles. The van der Waals surface area contributed by atoms with Gasteiger partial charge in [-0.2, -0.15) is 5.10 Å². The molecule has 2 amide bonds. The molecule has 0 spiro atoms. The molecule has 0 aliphatic carbocycles. The van der Waals surface area contributed by atoms with Gasteiger partial charge in [0, 0.05) is 19.2 Å². The van der Waals surface area contributed by atoms with Gasteiger partial charge >= 0.3 is 0 Å². The lowest BCUT2D eigenvalue weighted by Gasteiger charge is -2.23. The van der Waals surface area contributed by atoms with Gasteiger partial charge in [-0.25, -0.2) is 0 Å². The van der Waals surface area contributed by atoms with Crippen LogP contribution in [0.1, 0.15) is 35.8 Å². The fourth-order valence-corrected chi connectivity index (χ4v) is 3.47. The predicted octanol–water partition coefficient (Wildman–Crippen LogP) is 0.940. The molecule has 0 saturated carbocycles. The lowest BCUT2D eigenvalue weighted by atomic mass is 10.1. The van der Waals surface area contributed by atoms with E-state index in [-0.39, 0.29) is 17.9 Å². The number of hydrogen-bond acceptors (Lipinski definition) is 4. The van der Waals surface area contributed by atoms with Crippen molar-refractivity contribution in [3.05, 3.63) is 53.3 Å². The van der Waals surface area contributed by atoms with Crippen LogP contribution in [-0.2, 0) is 27.3 Å². The van der Waals surface area contributed by atoms with E-state index >= 15 is 0 Å². The Morgan fingerprint density at radius 1 is 1.31 bits per heavy atom. The van der Waals surface area contributed by atoms with Crippen molar-refractivity contribution in [1.82, 2.24) is 20.4 Å². The van der Waals surface area contributed by atoms with Crippen molar-refractivity contribution < 1.29 is 14.3 Å². The maximum absolute atomic E-state index is 12.2. The van der Waals surface area contributed by atoms with Crippen LogP contribution in [-0.4, -0.2) is 40.8 Å². The first-order chi connectivity index (χ1) is 12.7. The van der Waals surface area contributed by atoms with Crippen LogP contribution in [0.3, 0.4) is 0 Å². The van der Waals surface area contributed by atoms with E-state index in [1.165, 1.54) is 11.1 Å². The van der Waals surface area contributed by atoms with Crippen LogP contribution < -0.4 is 10.6 Å². The highest BCUT2D eigenvalue weighted by Crippen LogP contribution is 2.25. The number of rotatable bonds is 5. The molecule has 2 aliphatic heterocycles. The van der Waals surface area contributed by atoms with Gasteiger partial charge in [-0.15, -0.1) is 0 Å². The first-order valence-corrected chi connectivity index (χ1v) is 8.98. The quantitative estimate of drug-likeness (QED) is 0.837. The number of fused-ring (bicyclic) bond motifs is 1. The summed E-state index contributed by atoms with van der Waals surface area (Å²) in [6.07, 6.45) is 3.60. The third-order valence-electron chi connectivity index (χ3n) is 4.83. The standard InChI is InChI=1S/C19H22N4O3/c24-17-7-6-15(21-17)19(25)20-10-16-18-14(8-9-26-16)12-23(22-18)11-13-4-2-1-3-5-13/h1-5,12,15-16H,6-11H2,(H,20,25)(H,21,24)/t15-,16?/m0/s1. The van der Waals surface area contributed by atoms with Gasteiger partial charge in [-0.1, -0.05) is 30.3 Å². The van der Waals surface area contributed by atoms with Crippen LogP contribution in [0.4, 0.5) is 0 Å². The summed E-state index contributed by atoms with van der Waals surface area (Å²) < 4.78 is 7.76. The van der Waals surface area contributed by atoms with Gasteiger partial charge < -0.3 is 15.4 Å². The van der Waals surface area contributed by atoms with Crippen LogP contribution >= 0.6 is 0 Å². The molecule has 1 fully saturated rings. The fraction of sp³-hybridized carbons (Fsp3) is 0.421. The monoisotopic (exact) mass is 354 g/mol. The van der Waals surface area contributed by atoms with Crippen molar-refractivity contribution in [3.63, 3.8) is 0 Å². The average molecular weight is 354 g/mol. The molecule has 0 radical (unpaired) electrons. The Kier molecular flexibility index (Phi) is 4.71. The van der Waals surface area contributed by atoms with Gasteiger partial charge in [0.05, 0.1) is 18.8 Å². The zero-order valence-corrected chi connectivity index (χ0v) is 14.5. The number of nitrogens with one attached hydrogen (secondary N) is 2. The molecule has 136 valence electrons. The second kappa shape index (κ2) is 7.29. The zero-order chi connectivity index (χ0) is 17.9. The maximum Gasteiger partial charge on any atom is 0.242 e. The number of ether oxygens (including phenoxy) is 1. The molecule has 3 heterocycles. The first-order valence-electron chi connectivity index (χ1n) is 8.98. The van der Waals surface area contributed by atoms with E-state index in [0.29, 0.717) is 32.5 Å². The van der Waals surface area contributed by atoms with Gasteiger partial charge in [-0.05, 0) is 24.0 Å². The molecule has 2 aromatic rings. The largest absolute Gasteiger partial charge is 0.370 e. The third kappa shape index (κ3) is 3.62. The molecule has 1 aromatic heterocycles. The molecule has 2 N–H and O–H groups in total. The second-order valence-electron chi connectivity index (χ2n) is 6.74. The Labute approximate surface area is 151 Å². The second-order valence-corrected chi connectivity index (χ2v) is 6.74. The number of hydrogen-bond donors (Lipinski definition) is 2. The summed E-state index contributed by atoms with van der Waals surface area (Å²) in [4.78, 5) is 23.4. The van der Waals surface area contributed by atoms with Gasteiger partial charge in [0.1, 0.15) is 12.1 Å². The lowest BCUT2D eigenvalue weighted by Crippen LogP contribution is -2.43. The maximum atomic E-state index is 12.2. The normalized spacial score (nSPS) is 21.9. The smallest absolute Gasteiger partial charge is 0.242 e. The van der Waals surface area contributed by atoms with E-state index in [2.05, 4.69) is 34.1 Å². The van der Waals surface area contributed by atoms with Crippen molar-refractivity contribution in [2.45, 2.75) is 38.0 Å². The van der Waals surface area contributed by atoms with Crippen LogP contribution in [0.5, 0.6) is 0 Å². The molecular weight excluding hydrogens is 332 g/mol. The van der Waals surface area contributed by atoms with Crippen molar-refractivity contribution in [3.8, 4) is 0 Å². The minimum absolute atomic E-state index is 0.0685. The van der Waals surface area contributed by atoms with Gasteiger partial charge in [0.25, 0.3) is 0 Å². The van der Waals surface area contributed by atoms with E-state index in [9.17, 15) is 9.59 Å². The minimum Gasteiger partial charge on any atom is -0.370 e. The average Bonchev–Trinajstić information content (AvgIpc) is 3.26. The highest BCUT2D eigenvalue weighted by molar-refractivity contribution is 5.90. The molecule has 1 aromatic carbocycles. The van der Waals surface area contributed by atoms with Crippen LogP contribution in [0.2, 0.25) is 0 Å². The summed E-state index contributed by atoms with van der Waals surface area (Å²) >= 11 is 0. The number of amides is 2. The van der Waals surface area contributed by atoms with Crippen LogP contribution in [0, 0.1) is 0 Å². The Hall–Kier alpha value is -2.67. The van der Waals surface area contributed by atoms with Crippen LogP contribution in [0.15, 0.2) is 36.5 Å². The summed E-state index contributed by atoms with van der Waals surface area (Å²) in [6, 6.07) is 9.75. The van der Waals surface area contributed by atoms with Crippen LogP contribution in [0.25, 0.3) is 0 Å². The fourth-order valence-electron chi connectivity index (χ4n) is 3.47. The predicted molar refractivity (Wildman–Crippen MR) is 94.3 cm³/mol. The first kappa shape index (κ1) is 16.8. The SMILES string of the molecule is O=C1CC[C@@H](C(=O)NCC2OCCc3cn(Cc4ccccc4)nc32)N1. The van der Waals surface area contributed by atoms with Crippen molar-refractivity contribution in [1.29, 1.82) is 0 Å². The molecule has 0 bridgehead atoms. The molecule has 2 atom stereocenters. The van der Waals surface area contributed by atoms with Gasteiger partial charge in [0.2, 0.25) is 11.8 Å². The topological polar surface area (TPSA) is 85.2 Å². The summed E-state index contributed by atoms with van der Waals surface area (Å²) in [5.74, 6) is -0.226. The number of carbonyl (C=O) groups is 2. The summed E-state index contributed by atoms with van der Waals surface area (Å²) in [7, 11) is 0. The number of benzene rings is 1. The zero-order valence-electron chi connectivity index (χ0n) is 14.5. The Bertz CT molecular complexity index is 802. The minimum atomic E-state index is -0.429. The summed E-state index contributed by atoms with van der Waals surface area (Å²) in [5, 5.41) is 10.3. The molecule has 2 aliphatic rings. The van der Waals surface area contributed by atoms with Crippen molar-refractivity contribution in [2.75, 3.05) is 13.2 Å². The lowest BCUT2D eigenvalue weighted by molar-refractivity contribution is -0.126. The molecule has 1 unspecified atom stereocenters. The van der Waals surface area contributed by atoms with E-state index in [4.69, 9.17) is 4.74 Å². The highest BCUT2D eigenvalue weighted by Gasteiger charge is 2.29. The highest BCUT2D eigenvalue weighted by atomic mass is 16.5. The van der Waals surface area contributed by atoms with E-state index in [1.54, 1.807) is 0 Å². The molecule has 7 nitrogen and oxygen atoms in total. The Balaban J connectivity index is 1.40. The van der Waals surface area contributed by atoms with E-state index < -0.39 is 6.04 Å². The molecule has 4 rings (SSSR count). The number of carbonyl (C=O) groups excluding carboxylic acids is 2. The van der Waals surface area contributed by atoms with Gasteiger partial charge in [0.15, 0.2) is 0 Å². The van der Waals surface area contributed by atoms with Gasteiger partial charge in [-0.3, -0.25) is 14.3 Å². The van der Waals surface area contributed by atoms with E-state index in [1.807, 2.05) is 22.9 Å². The third-order valence-corrected chi connectivity index (χ3v) is 4.83. The Morgan fingerprint density at radius 2 is 2.15 bits per heavy atom. The summed E-state index contributed by atoms with van der Waals surface area (Å²) in [5.41, 5.74) is 3.25. The summed E-state index contributed by atoms with van der Waals surface area (Å²) in [6.45, 7) is 1.69. The van der Waals surface area contributed by atoms with Crippen molar-refractivity contribution >= 4 is 11.8 Å². The Morgan fingerprint density at radius 3 is 2.92 bits per heavy atom.